The topological polar surface area (TPSA) is 126 Å². The first-order chi connectivity index (χ1) is 14.6. The number of carbonyl (C=O) groups is 2. The first-order valence-electron chi connectivity index (χ1n) is 9.86. The molecule has 1 fully saturated rings. The van der Waals surface area contributed by atoms with Gasteiger partial charge in [-0.05, 0) is 51.5 Å². The van der Waals surface area contributed by atoms with E-state index in [9.17, 15) is 19.2 Å². The Morgan fingerprint density at radius 3 is 2.58 bits per heavy atom. The van der Waals surface area contributed by atoms with Crippen LogP contribution in [0.3, 0.4) is 0 Å². The molecule has 0 bridgehead atoms. The first-order valence-corrected chi connectivity index (χ1v) is 9.86. The van der Waals surface area contributed by atoms with E-state index in [1.165, 1.54) is 40.0 Å². The summed E-state index contributed by atoms with van der Waals surface area (Å²) in [6, 6.07) is 7.45. The fourth-order valence-corrected chi connectivity index (χ4v) is 3.38. The Balaban J connectivity index is 1.80. The fourth-order valence-electron chi connectivity index (χ4n) is 3.38. The number of halogens is 1. The summed E-state index contributed by atoms with van der Waals surface area (Å²) in [4.78, 5) is 25.8. The van der Waals surface area contributed by atoms with Crippen LogP contribution >= 0.6 is 0 Å². The van der Waals surface area contributed by atoms with Crippen LogP contribution in [0.25, 0.3) is 0 Å². The molecule has 0 aliphatic carbocycles. The number of rotatable bonds is 4. The number of hydrogen-bond acceptors (Lipinski definition) is 6. The van der Waals surface area contributed by atoms with Gasteiger partial charge in [0.05, 0.1) is 18.0 Å². The van der Waals surface area contributed by atoms with E-state index in [0.29, 0.717) is 18.7 Å². The molecule has 1 aliphatic rings. The van der Waals surface area contributed by atoms with Gasteiger partial charge < -0.3 is 20.7 Å². The number of anilines is 2. The van der Waals surface area contributed by atoms with Gasteiger partial charge in [0, 0.05) is 25.0 Å². The van der Waals surface area contributed by atoms with E-state index in [0.717, 1.165) is 0 Å². The summed E-state index contributed by atoms with van der Waals surface area (Å²) in [7, 11) is 0. The number of nitriles is 1. The van der Waals surface area contributed by atoms with Crippen LogP contribution < -0.4 is 11.1 Å². The lowest BCUT2D eigenvalue weighted by molar-refractivity contribution is 0.0143. The van der Waals surface area contributed by atoms with Crippen molar-refractivity contribution in [2.45, 2.75) is 38.8 Å². The third kappa shape index (κ3) is 5.31. The van der Waals surface area contributed by atoms with E-state index < -0.39 is 23.5 Å². The van der Waals surface area contributed by atoms with Gasteiger partial charge in [-0.2, -0.15) is 10.4 Å². The number of primary amides is 1. The third-order valence-corrected chi connectivity index (χ3v) is 4.84. The zero-order valence-corrected chi connectivity index (χ0v) is 17.6. The highest BCUT2D eigenvalue weighted by Crippen LogP contribution is 2.31. The van der Waals surface area contributed by atoms with Crippen LogP contribution in [0.1, 0.15) is 43.6 Å². The maximum atomic E-state index is 13.2. The molecule has 0 radical (unpaired) electrons. The van der Waals surface area contributed by atoms with E-state index in [2.05, 4.69) is 16.5 Å². The number of hydrogen-bond donors (Lipinski definition) is 2. The Morgan fingerprint density at radius 2 is 2.00 bits per heavy atom. The number of likely N-dealkylation sites (tertiary alicyclic amines) is 1. The number of ether oxygens (including phenoxy) is 1. The van der Waals surface area contributed by atoms with Gasteiger partial charge in [-0.1, -0.05) is 0 Å². The number of aromatic nitrogens is 2. The van der Waals surface area contributed by atoms with Crippen molar-refractivity contribution in [3.05, 3.63) is 41.8 Å². The zero-order valence-electron chi connectivity index (χ0n) is 17.6. The second kappa shape index (κ2) is 8.63. The molecular formula is C21H25FN6O3. The summed E-state index contributed by atoms with van der Waals surface area (Å²) >= 11 is 0. The summed E-state index contributed by atoms with van der Waals surface area (Å²) in [5, 5.41) is 17.1. The molecule has 0 saturated carbocycles. The van der Waals surface area contributed by atoms with Gasteiger partial charge in [0.2, 0.25) is 0 Å². The molecule has 1 saturated heterocycles. The molecule has 1 aromatic heterocycles. The molecule has 2 aromatic rings. The Bertz CT molecular complexity index is 1010. The Morgan fingerprint density at radius 1 is 1.32 bits per heavy atom. The molecule has 164 valence electrons. The minimum atomic E-state index is -0.685. The average molecular weight is 428 g/mol. The summed E-state index contributed by atoms with van der Waals surface area (Å²) in [5.74, 6) is -1.42. The van der Waals surface area contributed by atoms with Crippen LogP contribution in [-0.2, 0) is 4.74 Å². The van der Waals surface area contributed by atoms with Crippen molar-refractivity contribution in [3.8, 4) is 6.07 Å². The second-order valence-corrected chi connectivity index (χ2v) is 8.39. The van der Waals surface area contributed by atoms with Gasteiger partial charge in [-0.3, -0.25) is 9.48 Å². The predicted molar refractivity (Wildman–Crippen MR) is 111 cm³/mol. The summed E-state index contributed by atoms with van der Waals surface area (Å²) in [5.41, 5.74) is 5.55. The van der Waals surface area contributed by atoms with Crippen molar-refractivity contribution in [2.75, 3.05) is 18.4 Å². The molecule has 2 amide bonds. The molecule has 3 N–H and O–H groups in total. The minimum absolute atomic E-state index is 0.149. The van der Waals surface area contributed by atoms with Gasteiger partial charge in [0.1, 0.15) is 17.0 Å². The van der Waals surface area contributed by atoms with E-state index in [1.54, 1.807) is 20.8 Å². The molecule has 9 nitrogen and oxygen atoms in total. The van der Waals surface area contributed by atoms with Crippen molar-refractivity contribution in [1.29, 1.82) is 5.26 Å². The third-order valence-electron chi connectivity index (χ3n) is 4.84. The monoisotopic (exact) mass is 428 g/mol. The molecule has 3 rings (SSSR count). The van der Waals surface area contributed by atoms with Crippen molar-refractivity contribution in [3.63, 3.8) is 0 Å². The van der Waals surface area contributed by atoms with Crippen LogP contribution in [0.15, 0.2) is 30.5 Å². The van der Waals surface area contributed by atoms with Crippen molar-refractivity contribution < 1.29 is 18.7 Å². The van der Waals surface area contributed by atoms with E-state index >= 15 is 0 Å². The second-order valence-electron chi connectivity index (χ2n) is 8.39. The van der Waals surface area contributed by atoms with Crippen LogP contribution in [0.4, 0.5) is 20.7 Å². The van der Waals surface area contributed by atoms with Gasteiger partial charge in [0.15, 0.2) is 5.82 Å². The first kappa shape index (κ1) is 22.1. The minimum Gasteiger partial charge on any atom is -0.444 e. The molecule has 31 heavy (non-hydrogen) atoms. The maximum Gasteiger partial charge on any atom is 0.410 e. The lowest BCUT2D eigenvalue weighted by atomic mass is 9.94. The molecule has 2 atom stereocenters. The van der Waals surface area contributed by atoms with Crippen molar-refractivity contribution in [2.24, 2.45) is 11.7 Å². The number of amides is 2. The van der Waals surface area contributed by atoms with Gasteiger partial charge >= 0.3 is 6.09 Å². The molecule has 2 unspecified atom stereocenters. The van der Waals surface area contributed by atoms with Gasteiger partial charge in [-0.25, -0.2) is 9.18 Å². The average Bonchev–Trinajstić information content (AvgIpc) is 3.12. The largest absolute Gasteiger partial charge is 0.444 e. The van der Waals surface area contributed by atoms with Crippen LogP contribution in [0.2, 0.25) is 0 Å². The number of nitrogens with one attached hydrogen (secondary N) is 1. The summed E-state index contributed by atoms with van der Waals surface area (Å²) in [6.07, 6.45) is 1.47. The quantitative estimate of drug-likeness (QED) is 0.770. The fraction of sp³-hybridized carbons (Fsp3) is 0.429. The number of benzene rings is 1. The van der Waals surface area contributed by atoms with E-state index in [-0.39, 0.29) is 29.8 Å². The maximum absolute atomic E-state index is 13.2. The predicted octanol–water partition coefficient (Wildman–Crippen LogP) is 3.19. The standard InChI is InChI=1S/C21H25FN6O3/c1-21(2,3)31-20(30)27-9-8-17(13(10-23)11-27)28-12-16(18(24)29)19(26-28)25-15-6-4-14(22)5-7-15/h4-7,12-13,17H,8-9,11H2,1-3H3,(H2,24,29)(H,25,26). The molecular weight excluding hydrogens is 403 g/mol. The highest BCUT2D eigenvalue weighted by Gasteiger charge is 2.35. The highest BCUT2D eigenvalue weighted by molar-refractivity contribution is 5.98. The summed E-state index contributed by atoms with van der Waals surface area (Å²) < 4.78 is 20.1. The van der Waals surface area contributed by atoms with Crippen LogP contribution in [-0.4, -0.2) is 45.4 Å². The normalized spacial score (nSPS) is 18.9. The van der Waals surface area contributed by atoms with Gasteiger partial charge in [0.25, 0.3) is 5.91 Å². The number of piperidine rings is 1. The molecule has 0 spiro atoms. The van der Waals surface area contributed by atoms with Crippen LogP contribution in [0, 0.1) is 23.1 Å². The smallest absolute Gasteiger partial charge is 0.410 e. The Kier molecular flexibility index (Phi) is 6.15. The Hall–Kier alpha value is -3.61. The molecule has 2 heterocycles. The zero-order chi connectivity index (χ0) is 22.8. The SMILES string of the molecule is CC(C)(C)OC(=O)N1CCC(n2cc(C(N)=O)c(Nc3ccc(F)cc3)n2)C(C#N)C1. The molecule has 1 aliphatic heterocycles. The number of nitrogens with two attached hydrogens (primary N) is 1. The molecule has 1 aromatic carbocycles. The number of carbonyl (C=O) groups excluding carboxylic acids is 2. The lowest BCUT2D eigenvalue weighted by Gasteiger charge is -2.36. The highest BCUT2D eigenvalue weighted by atomic mass is 19.1. The number of nitrogens with zero attached hydrogens (tertiary/aromatic N) is 4. The van der Waals surface area contributed by atoms with Crippen molar-refractivity contribution >= 4 is 23.5 Å². The Labute approximate surface area is 179 Å². The van der Waals surface area contributed by atoms with Crippen molar-refractivity contribution in [1.82, 2.24) is 14.7 Å². The van der Waals surface area contributed by atoms with Gasteiger partial charge in [-0.15, -0.1) is 0 Å². The summed E-state index contributed by atoms with van der Waals surface area (Å²) in [6.45, 7) is 5.91. The van der Waals surface area contributed by atoms with E-state index in [1.807, 2.05) is 0 Å². The lowest BCUT2D eigenvalue weighted by Crippen LogP contribution is -2.46. The molecule has 10 heteroatoms. The van der Waals surface area contributed by atoms with E-state index in [4.69, 9.17) is 10.5 Å². The van der Waals surface area contributed by atoms with Crippen LogP contribution in [0.5, 0.6) is 0 Å².